The number of carbonyl (C=O) groups excluding carboxylic acids is 1. The summed E-state index contributed by atoms with van der Waals surface area (Å²) >= 11 is 0. The second-order valence-corrected chi connectivity index (χ2v) is 9.08. The summed E-state index contributed by atoms with van der Waals surface area (Å²) in [5, 5.41) is 3.95. The lowest BCUT2D eigenvalue weighted by atomic mass is 10.0. The number of amides is 1. The van der Waals surface area contributed by atoms with E-state index in [0.29, 0.717) is 12.0 Å². The van der Waals surface area contributed by atoms with Crippen molar-refractivity contribution < 1.29 is 13.6 Å². The van der Waals surface area contributed by atoms with E-state index in [0.717, 1.165) is 5.30 Å². The first-order valence-electron chi connectivity index (χ1n) is 8.61. The lowest BCUT2D eigenvalue weighted by molar-refractivity contribution is -0.118. The van der Waals surface area contributed by atoms with Gasteiger partial charge in [-0.15, -0.1) is 0 Å². The van der Waals surface area contributed by atoms with Gasteiger partial charge in [0.1, 0.15) is 0 Å². The van der Waals surface area contributed by atoms with Gasteiger partial charge in [-0.2, -0.15) is 0 Å². The molecule has 0 aliphatic carbocycles. The summed E-state index contributed by atoms with van der Waals surface area (Å²) in [4.78, 5) is 13.8. The summed E-state index contributed by atoms with van der Waals surface area (Å²) in [5.74, 6) is -2.09. The molecule has 0 saturated carbocycles. The van der Waals surface area contributed by atoms with Crippen molar-refractivity contribution in [3.8, 4) is 11.1 Å². The molecule has 1 aliphatic heterocycles. The van der Waals surface area contributed by atoms with Crippen LogP contribution in [0.15, 0.2) is 36.4 Å². The molecule has 6 heteroatoms. The third-order valence-electron chi connectivity index (χ3n) is 4.90. The van der Waals surface area contributed by atoms with Crippen LogP contribution in [0.2, 0.25) is 0 Å². The normalized spacial score (nSPS) is 20.3. The van der Waals surface area contributed by atoms with Crippen molar-refractivity contribution in [3.63, 3.8) is 0 Å². The van der Waals surface area contributed by atoms with E-state index < -0.39 is 19.6 Å². The number of hydrogen-bond acceptors (Lipinski definition) is 2. The van der Waals surface area contributed by atoms with Gasteiger partial charge in [0.05, 0.1) is 11.7 Å². The Morgan fingerprint density at radius 2 is 1.77 bits per heavy atom. The number of nitrogens with one attached hydrogen (secondary N) is 1. The van der Waals surface area contributed by atoms with Crippen LogP contribution in [0.5, 0.6) is 0 Å². The number of hydrogen-bond donors (Lipinski definition) is 1. The third-order valence-corrected chi connectivity index (χ3v) is 6.25. The highest BCUT2D eigenvalue weighted by Crippen LogP contribution is 2.36. The van der Waals surface area contributed by atoms with Crippen LogP contribution < -0.4 is 15.5 Å². The van der Waals surface area contributed by atoms with Crippen molar-refractivity contribution in [2.24, 2.45) is 0 Å². The molecular weight excluding hydrogens is 353 g/mol. The highest BCUT2D eigenvalue weighted by molar-refractivity contribution is 7.64. The molecule has 0 bridgehead atoms. The summed E-state index contributed by atoms with van der Waals surface area (Å²) in [5.41, 5.74) is 0.956. The number of likely N-dealkylation sites (N-methyl/N-ethyl adjacent to an activating group) is 1. The fourth-order valence-electron chi connectivity index (χ4n) is 3.55. The predicted octanol–water partition coefficient (Wildman–Crippen LogP) is 3.71. The second kappa shape index (κ2) is 7.42. The van der Waals surface area contributed by atoms with Crippen LogP contribution >= 0.6 is 7.92 Å². The maximum absolute atomic E-state index is 15.0. The maximum atomic E-state index is 15.0. The number of benzene rings is 2. The van der Waals surface area contributed by atoms with E-state index in [9.17, 15) is 13.6 Å². The topological polar surface area (TPSA) is 32.3 Å². The molecule has 2 unspecified atom stereocenters. The summed E-state index contributed by atoms with van der Waals surface area (Å²) in [7, 11) is 1.24. The molecule has 2 aromatic rings. The van der Waals surface area contributed by atoms with E-state index in [1.54, 1.807) is 13.1 Å². The zero-order chi connectivity index (χ0) is 19.0. The lowest BCUT2D eigenvalue weighted by Crippen LogP contribution is -2.38. The van der Waals surface area contributed by atoms with Crippen molar-refractivity contribution in [3.05, 3.63) is 48.0 Å². The molecule has 0 radical (unpaired) electrons. The van der Waals surface area contributed by atoms with Gasteiger partial charge in [-0.25, -0.2) is 8.78 Å². The second-order valence-electron chi connectivity index (χ2n) is 6.81. The van der Waals surface area contributed by atoms with Gasteiger partial charge in [-0.1, -0.05) is 32.2 Å². The largest absolute Gasteiger partial charge is 0.309 e. The molecule has 138 valence electrons. The zero-order valence-corrected chi connectivity index (χ0v) is 16.3. The fraction of sp³-hybridized carbons (Fsp3) is 0.350. The van der Waals surface area contributed by atoms with E-state index in [-0.39, 0.29) is 29.2 Å². The van der Waals surface area contributed by atoms with Crippen LogP contribution in [0.4, 0.5) is 14.5 Å². The Morgan fingerprint density at radius 1 is 1.08 bits per heavy atom. The molecule has 26 heavy (non-hydrogen) atoms. The average Bonchev–Trinajstić information content (AvgIpc) is 2.91. The van der Waals surface area contributed by atoms with E-state index in [1.165, 1.54) is 11.0 Å². The van der Waals surface area contributed by atoms with Crippen molar-refractivity contribution in [2.45, 2.75) is 25.4 Å². The summed E-state index contributed by atoms with van der Waals surface area (Å²) in [6.07, 6.45) is 0.566. The Bertz CT molecular complexity index is 841. The number of carbonyl (C=O) groups is 1. The standard InChI is InChI=1S/C20H23F2N2OP/c1-12-11-15(23-2)20(25)24(12)16-10-9-14(18(21)19(16)22)13-7-5-6-8-17(13)26(3)4/h5-10,12,15,23H,11H2,1-4H3. The van der Waals surface area contributed by atoms with Crippen LogP contribution in [-0.2, 0) is 4.79 Å². The first-order chi connectivity index (χ1) is 12.4. The molecule has 1 amide bonds. The molecule has 2 aromatic carbocycles. The predicted molar refractivity (Wildman–Crippen MR) is 105 cm³/mol. The molecule has 3 rings (SSSR count). The Labute approximate surface area is 154 Å². The number of halogens is 2. The lowest BCUT2D eigenvalue weighted by Gasteiger charge is -2.23. The Hall–Kier alpha value is -1.84. The van der Waals surface area contributed by atoms with Crippen LogP contribution in [0, 0.1) is 11.6 Å². The van der Waals surface area contributed by atoms with Crippen molar-refractivity contribution >= 4 is 24.8 Å². The number of rotatable bonds is 4. The molecular formula is C20H23F2N2OP. The minimum atomic E-state index is -0.967. The quantitative estimate of drug-likeness (QED) is 0.825. The molecule has 2 atom stereocenters. The van der Waals surface area contributed by atoms with E-state index in [4.69, 9.17) is 0 Å². The van der Waals surface area contributed by atoms with Gasteiger partial charge in [0.15, 0.2) is 11.6 Å². The zero-order valence-electron chi connectivity index (χ0n) is 15.4. The minimum Gasteiger partial charge on any atom is -0.309 e. The van der Waals surface area contributed by atoms with Crippen LogP contribution in [0.3, 0.4) is 0 Å². The molecule has 0 aromatic heterocycles. The van der Waals surface area contributed by atoms with Crippen LogP contribution in [0.25, 0.3) is 11.1 Å². The molecule has 1 aliphatic rings. The fourth-order valence-corrected chi connectivity index (χ4v) is 4.62. The molecule has 0 spiro atoms. The smallest absolute Gasteiger partial charge is 0.244 e. The van der Waals surface area contributed by atoms with Gasteiger partial charge in [-0.3, -0.25) is 4.79 Å². The summed E-state index contributed by atoms with van der Waals surface area (Å²) < 4.78 is 29.9. The molecule has 1 fully saturated rings. The highest BCUT2D eigenvalue weighted by atomic mass is 31.1. The van der Waals surface area contributed by atoms with Gasteiger partial charge in [-0.05, 0) is 56.7 Å². The summed E-state index contributed by atoms with van der Waals surface area (Å²) in [6, 6.07) is 10.1. The average molecular weight is 376 g/mol. The molecule has 1 N–H and O–H groups in total. The van der Waals surface area contributed by atoms with Crippen LogP contribution in [-0.4, -0.2) is 38.4 Å². The number of nitrogens with zero attached hydrogens (tertiary/aromatic N) is 1. The Balaban J connectivity index is 2.07. The SMILES string of the molecule is CNC1CC(C)N(c2ccc(-c3ccccc3P(C)C)c(F)c2F)C1=O. The van der Waals surface area contributed by atoms with Crippen LogP contribution in [0.1, 0.15) is 13.3 Å². The number of anilines is 1. The Morgan fingerprint density at radius 3 is 2.38 bits per heavy atom. The molecule has 1 heterocycles. The Kier molecular flexibility index (Phi) is 5.40. The van der Waals surface area contributed by atoms with E-state index >= 15 is 0 Å². The third kappa shape index (κ3) is 3.15. The minimum absolute atomic E-state index is 0.00856. The van der Waals surface area contributed by atoms with E-state index in [2.05, 4.69) is 18.6 Å². The molecule has 1 saturated heterocycles. The monoisotopic (exact) mass is 376 g/mol. The van der Waals surface area contributed by atoms with Crippen molar-refractivity contribution in [1.29, 1.82) is 0 Å². The maximum Gasteiger partial charge on any atom is 0.244 e. The van der Waals surface area contributed by atoms with Crippen molar-refractivity contribution in [1.82, 2.24) is 5.32 Å². The summed E-state index contributed by atoms with van der Waals surface area (Å²) in [6.45, 7) is 6.01. The van der Waals surface area contributed by atoms with Crippen molar-refractivity contribution in [2.75, 3.05) is 25.3 Å². The van der Waals surface area contributed by atoms with Gasteiger partial charge in [0, 0.05) is 11.6 Å². The van der Waals surface area contributed by atoms with Gasteiger partial charge in [0.2, 0.25) is 5.91 Å². The first-order valence-corrected chi connectivity index (χ1v) is 10.9. The molecule has 3 nitrogen and oxygen atoms in total. The highest BCUT2D eigenvalue weighted by Gasteiger charge is 2.39. The van der Waals surface area contributed by atoms with Gasteiger partial charge < -0.3 is 10.2 Å². The first kappa shape index (κ1) is 18.9. The van der Waals surface area contributed by atoms with Gasteiger partial charge >= 0.3 is 0 Å². The van der Waals surface area contributed by atoms with E-state index in [1.807, 2.05) is 31.2 Å². The van der Waals surface area contributed by atoms with Gasteiger partial charge in [0.25, 0.3) is 0 Å².